The number of anilines is 1. The van der Waals surface area contributed by atoms with Crippen LogP contribution in [0.1, 0.15) is 6.92 Å². The first-order valence-electron chi connectivity index (χ1n) is 4.98. The first-order chi connectivity index (χ1) is 8.19. The van der Waals surface area contributed by atoms with Crippen LogP contribution < -0.4 is 10.2 Å². The molecule has 0 saturated heterocycles. The van der Waals surface area contributed by atoms with Crippen LogP contribution in [0.2, 0.25) is 0 Å². The molecule has 1 aromatic carbocycles. The van der Waals surface area contributed by atoms with Gasteiger partial charge in [0.15, 0.2) is 0 Å². The molecule has 0 radical (unpaired) electrons. The summed E-state index contributed by atoms with van der Waals surface area (Å²) in [5.74, 6) is -0.0684. The number of para-hydroxylation sites is 2. The van der Waals surface area contributed by atoms with Crippen molar-refractivity contribution in [2.45, 2.75) is 6.92 Å². The zero-order valence-electron chi connectivity index (χ0n) is 9.57. The molecule has 92 valence electrons. The highest BCUT2D eigenvalue weighted by Gasteiger charge is 2.09. The van der Waals surface area contributed by atoms with E-state index in [1.54, 1.807) is 25.1 Å². The summed E-state index contributed by atoms with van der Waals surface area (Å²) in [4.78, 5) is 11.2. The number of benzene rings is 1. The van der Waals surface area contributed by atoms with Crippen LogP contribution in [-0.2, 0) is 9.53 Å². The van der Waals surface area contributed by atoms with E-state index in [9.17, 15) is 4.79 Å². The van der Waals surface area contributed by atoms with Crippen molar-refractivity contribution < 1.29 is 14.3 Å². The second kappa shape index (κ2) is 6.75. The Morgan fingerprint density at radius 3 is 2.82 bits per heavy atom. The van der Waals surface area contributed by atoms with Gasteiger partial charge in [-0.1, -0.05) is 23.7 Å². The molecule has 0 fully saturated rings. The highest BCUT2D eigenvalue weighted by Crippen LogP contribution is 2.22. The number of halogens is 1. The number of carbonyl (C=O) groups is 1. The Kier molecular flexibility index (Phi) is 5.29. The van der Waals surface area contributed by atoms with Crippen molar-refractivity contribution in [2.24, 2.45) is 5.10 Å². The maximum Gasteiger partial charge on any atom is 0.370 e. The molecule has 0 aromatic heterocycles. The molecule has 0 aliphatic carbocycles. The third kappa shape index (κ3) is 3.96. The molecule has 0 saturated carbocycles. The number of rotatable bonds is 5. The Hall–Kier alpha value is -1.75. The van der Waals surface area contributed by atoms with Crippen LogP contribution in [0.25, 0.3) is 0 Å². The smallest absolute Gasteiger partial charge is 0.370 e. The van der Waals surface area contributed by atoms with Gasteiger partial charge >= 0.3 is 5.97 Å². The molecule has 0 spiro atoms. The summed E-state index contributed by atoms with van der Waals surface area (Å²) in [5.41, 5.74) is 3.24. The van der Waals surface area contributed by atoms with E-state index in [4.69, 9.17) is 16.3 Å². The van der Waals surface area contributed by atoms with Gasteiger partial charge in [-0.15, -0.1) is 0 Å². The van der Waals surface area contributed by atoms with Crippen LogP contribution in [0, 0.1) is 0 Å². The molecule has 1 N–H and O–H groups in total. The molecule has 0 aliphatic heterocycles. The van der Waals surface area contributed by atoms with E-state index in [1.165, 1.54) is 7.11 Å². The molecule has 1 aromatic rings. The monoisotopic (exact) mass is 256 g/mol. The van der Waals surface area contributed by atoms with Gasteiger partial charge < -0.3 is 9.47 Å². The fourth-order valence-corrected chi connectivity index (χ4v) is 1.18. The lowest BCUT2D eigenvalue weighted by atomic mass is 10.3. The molecule has 6 heteroatoms. The molecule has 0 aliphatic rings. The first-order valence-corrected chi connectivity index (χ1v) is 5.36. The lowest BCUT2D eigenvalue weighted by Crippen LogP contribution is -2.13. The summed E-state index contributed by atoms with van der Waals surface area (Å²) >= 11 is 5.63. The Morgan fingerprint density at radius 1 is 1.47 bits per heavy atom. The number of nitrogens with one attached hydrogen (secondary N) is 1. The average molecular weight is 257 g/mol. The van der Waals surface area contributed by atoms with Crippen molar-refractivity contribution >= 4 is 28.4 Å². The Morgan fingerprint density at radius 2 is 2.18 bits per heavy atom. The minimum atomic E-state index is -0.670. The standard InChI is InChI=1S/C11H13ClN2O3/c1-3-17-11(15)10(12)14-13-8-6-4-5-7-9(8)16-2/h4-7,13H,3H2,1-2H3/b14-10+. The molecule has 0 atom stereocenters. The molecule has 1 rings (SSSR count). The summed E-state index contributed by atoms with van der Waals surface area (Å²) in [6.45, 7) is 1.94. The van der Waals surface area contributed by atoms with Crippen LogP contribution in [0.5, 0.6) is 5.75 Å². The summed E-state index contributed by atoms with van der Waals surface area (Å²) in [7, 11) is 1.54. The topological polar surface area (TPSA) is 59.9 Å². The highest BCUT2D eigenvalue weighted by molar-refractivity contribution is 6.82. The Bertz CT molecular complexity index is 421. The van der Waals surface area contributed by atoms with Crippen molar-refractivity contribution in [1.82, 2.24) is 0 Å². The average Bonchev–Trinajstić information content (AvgIpc) is 2.36. The highest BCUT2D eigenvalue weighted by atomic mass is 35.5. The predicted octanol–water partition coefficient (Wildman–Crippen LogP) is 2.22. The predicted molar refractivity (Wildman–Crippen MR) is 66.5 cm³/mol. The van der Waals surface area contributed by atoms with Crippen LogP contribution in [0.15, 0.2) is 29.4 Å². The molecule has 0 unspecified atom stereocenters. The van der Waals surface area contributed by atoms with Gasteiger partial charge in [0.05, 0.1) is 19.4 Å². The number of methoxy groups -OCH3 is 1. The van der Waals surface area contributed by atoms with Crippen LogP contribution in [-0.4, -0.2) is 24.9 Å². The van der Waals surface area contributed by atoms with Crippen molar-refractivity contribution in [2.75, 3.05) is 19.1 Å². The fraction of sp³-hybridized carbons (Fsp3) is 0.273. The van der Waals surface area contributed by atoms with Gasteiger partial charge in [-0.25, -0.2) is 4.79 Å². The number of hydrogen-bond acceptors (Lipinski definition) is 5. The number of nitrogens with zero attached hydrogens (tertiary/aromatic N) is 1. The van der Waals surface area contributed by atoms with E-state index in [0.29, 0.717) is 11.4 Å². The van der Waals surface area contributed by atoms with E-state index < -0.39 is 5.97 Å². The molecule has 0 heterocycles. The first kappa shape index (κ1) is 13.3. The number of hydrazone groups is 1. The van der Waals surface area contributed by atoms with Gasteiger partial charge in [-0.05, 0) is 19.1 Å². The van der Waals surface area contributed by atoms with E-state index in [-0.39, 0.29) is 11.8 Å². The van der Waals surface area contributed by atoms with Gasteiger partial charge in [0.2, 0.25) is 5.17 Å². The molecular formula is C11H13ClN2O3. The number of carbonyl (C=O) groups excluding carboxylic acids is 1. The second-order valence-electron chi connectivity index (χ2n) is 2.94. The Balaban J connectivity index is 2.71. The van der Waals surface area contributed by atoms with E-state index >= 15 is 0 Å². The third-order valence-electron chi connectivity index (χ3n) is 1.83. The number of hydrogen-bond donors (Lipinski definition) is 1. The Labute approximate surface area is 104 Å². The SMILES string of the molecule is CCOC(=O)/C(Cl)=N\Nc1ccccc1OC. The second-order valence-corrected chi connectivity index (χ2v) is 3.29. The minimum absolute atomic E-state index is 0.249. The zero-order valence-corrected chi connectivity index (χ0v) is 10.3. The molecule has 17 heavy (non-hydrogen) atoms. The van der Waals surface area contributed by atoms with Gasteiger partial charge in [0.1, 0.15) is 5.75 Å². The molecule has 0 bridgehead atoms. The van der Waals surface area contributed by atoms with Gasteiger partial charge in [0.25, 0.3) is 0 Å². The van der Waals surface area contributed by atoms with Crippen molar-refractivity contribution in [3.8, 4) is 5.75 Å². The quantitative estimate of drug-likeness (QED) is 0.499. The van der Waals surface area contributed by atoms with Gasteiger partial charge in [-0.2, -0.15) is 5.10 Å². The van der Waals surface area contributed by atoms with E-state index in [2.05, 4.69) is 15.3 Å². The summed E-state index contributed by atoms with van der Waals surface area (Å²) in [6.07, 6.45) is 0. The summed E-state index contributed by atoms with van der Waals surface area (Å²) < 4.78 is 9.77. The lowest BCUT2D eigenvalue weighted by Gasteiger charge is -2.07. The molecule has 0 amide bonds. The van der Waals surface area contributed by atoms with Gasteiger partial charge in [0, 0.05) is 0 Å². The van der Waals surface area contributed by atoms with Crippen LogP contribution >= 0.6 is 11.6 Å². The third-order valence-corrected chi connectivity index (χ3v) is 2.06. The molecular weight excluding hydrogens is 244 g/mol. The van der Waals surface area contributed by atoms with Crippen LogP contribution in [0.4, 0.5) is 5.69 Å². The number of ether oxygens (including phenoxy) is 2. The van der Waals surface area contributed by atoms with Gasteiger partial charge in [-0.3, -0.25) is 5.43 Å². The van der Waals surface area contributed by atoms with E-state index in [0.717, 1.165) is 0 Å². The summed E-state index contributed by atoms with van der Waals surface area (Å²) in [6, 6.07) is 7.13. The maximum absolute atomic E-state index is 11.2. The van der Waals surface area contributed by atoms with Crippen molar-refractivity contribution in [3.05, 3.63) is 24.3 Å². The van der Waals surface area contributed by atoms with Crippen molar-refractivity contribution in [3.63, 3.8) is 0 Å². The maximum atomic E-state index is 11.2. The lowest BCUT2D eigenvalue weighted by molar-refractivity contribution is -0.134. The normalized spacial score (nSPS) is 10.9. The van der Waals surface area contributed by atoms with E-state index in [1.807, 2.05) is 6.07 Å². The molecule has 5 nitrogen and oxygen atoms in total. The fourth-order valence-electron chi connectivity index (χ4n) is 1.08. The van der Waals surface area contributed by atoms with Crippen molar-refractivity contribution in [1.29, 1.82) is 0 Å². The largest absolute Gasteiger partial charge is 0.495 e. The minimum Gasteiger partial charge on any atom is -0.495 e. The zero-order chi connectivity index (χ0) is 12.7. The summed E-state index contributed by atoms with van der Waals surface area (Å²) in [5, 5.41) is 3.43. The van der Waals surface area contributed by atoms with Crippen LogP contribution in [0.3, 0.4) is 0 Å². The number of esters is 1.